The lowest BCUT2D eigenvalue weighted by Crippen LogP contribution is -2.55. The molecular formula is C16H33N3. The lowest BCUT2D eigenvalue weighted by molar-refractivity contribution is 0.0727. The van der Waals surface area contributed by atoms with E-state index < -0.39 is 0 Å². The van der Waals surface area contributed by atoms with Gasteiger partial charge in [-0.1, -0.05) is 13.8 Å². The van der Waals surface area contributed by atoms with Gasteiger partial charge >= 0.3 is 0 Å². The fraction of sp³-hybridized carbons (Fsp3) is 1.00. The third kappa shape index (κ3) is 3.93. The highest BCUT2D eigenvalue weighted by Gasteiger charge is 2.38. The van der Waals surface area contributed by atoms with E-state index in [9.17, 15) is 0 Å². The Kier molecular flexibility index (Phi) is 5.67. The van der Waals surface area contributed by atoms with Crippen molar-refractivity contribution in [2.24, 2.45) is 11.7 Å². The molecular weight excluding hydrogens is 234 g/mol. The van der Waals surface area contributed by atoms with Crippen molar-refractivity contribution in [2.75, 3.05) is 39.3 Å². The highest BCUT2D eigenvalue weighted by molar-refractivity contribution is 4.96. The summed E-state index contributed by atoms with van der Waals surface area (Å²) in [6.07, 6.45) is 8.03. The lowest BCUT2D eigenvalue weighted by Gasteiger charge is -2.43. The van der Waals surface area contributed by atoms with Gasteiger partial charge < -0.3 is 10.6 Å². The Morgan fingerprint density at radius 1 is 1.21 bits per heavy atom. The Morgan fingerprint density at radius 2 is 2.00 bits per heavy atom. The van der Waals surface area contributed by atoms with Gasteiger partial charge in [0, 0.05) is 18.6 Å². The summed E-state index contributed by atoms with van der Waals surface area (Å²) in [7, 11) is 0. The first-order valence-electron chi connectivity index (χ1n) is 8.41. The standard InChI is InChI=1S/C16H33N3/c1-3-10-19(13-15-6-7-15)16(14-17)8-5-11-18(4-2)12-9-16/h15H,3-14,17H2,1-2H3. The number of likely N-dealkylation sites (tertiary alicyclic amines) is 1. The van der Waals surface area contributed by atoms with E-state index >= 15 is 0 Å². The minimum atomic E-state index is 0.294. The Bertz CT molecular complexity index is 265. The van der Waals surface area contributed by atoms with Crippen LogP contribution in [0, 0.1) is 5.92 Å². The summed E-state index contributed by atoms with van der Waals surface area (Å²) < 4.78 is 0. The van der Waals surface area contributed by atoms with Gasteiger partial charge in [-0.15, -0.1) is 0 Å². The van der Waals surface area contributed by atoms with E-state index in [2.05, 4.69) is 23.6 Å². The van der Waals surface area contributed by atoms with Crippen LogP contribution in [0.2, 0.25) is 0 Å². The SMILES string of the molecule is CCCN(CC1CC1)C1(CN)CCCN(CC)CC1. The highest BCUT2D eigenvalue weighted by Crippen LogP contribution is 2.35. The molecule has 0 spiro atoms. The van der Waals surface area contributed by atoms with Gasteiger partial charge in [0.05, 0.1) is 0 Å². The van der Waals surface area contributed by atoms with Crippen molar-refractivity contribution in [3.05, 3.63) is 0 Å². The normalized spacial score (nSPS) is 29.7. The zero-order valence-corrected chi connectivity index (χ0v) is 13.0. The van der Waals surface area contributed by atoms with Crippen molar-refractivity contribution in [3.63, 3.8) is 0 Å². The first-order chi connectivity index (χ1) is 9.24. The topological polar surface area (TPSA) is 32.5 Å². The van der Waals surface area contributed by atoms with E-state index in [1.807, 2.05) is 0 Å². The molecule has 2 rings (SSSR count). The van der Waals surface area contributed by atoms with Crippen molar-refractivity contribution in [2.45, 2.75) is 57.9 Å². The summed E-state index contributed by atoms with van der Waals surface area (Å²) >= 11 is 0. The molecule has 1 saturated heterocycles. The van der Waals surface area contributed by atoms with Crippen molar-refractivity contribution in [1.82, 2.24) is 9.80 Å². The molecule has 2 N–H and O–H groups in total. The molecule has 1 atom stereocenters. The summed E-state index contributed by atoms with van der Waals surface area (Å²) in [6, 6.07) is 0. The minimum absolute atomic E-state index is 0.294. The van der Waals surface area contributed by atoms with Crippen LogP contribution in [0.4, 0.5) is 0 Å². The number of nitrogens with zero attached hydrogens (tertiary/aromatic N) is 2. The fourth-order valence-corrected chi connectivity index (χ4v) is 3.60. The monoisotopic (exact) mass is 267 g/mol. The average molecular weight is 267 g/mol. The van der Waals surface area contributed by atoms with Crippen LogP contribution in [0.5, 0.6) is 0 Å². The maximum absolute atomic E-state index is 6.26. The van der Waals surface area contributed by atoms with Crippen LogP contribution in [0.25, 0.3) is 0 Å². The number of hydrogen-bond acceptors (Lipinski definition) is 3. The molecule has 2 aliphatic rings. The molecule has 1 saturated carbocycles. The number of rotatable bonds is 7. The van der Waals surface area contributed by atoms with E-state index in [4.69, 9.17) is 5.73 Å². The van der Waals surface area contributed by atoms with Crippen LogP contribution in [0.15, 0.2) is 0 Å². The van der Waals surface area contributed by atoms with Crippen molar-refractivity contribution in [3.8, 4) is 0 Å². The summed E-state index contributed by atoms with van der Waals surface area (Å²) in [5.41, 5.74) is 6.56. The van der Waals surface area contributed by atoms with Crippen LogP contribution in [0.3, 0.4) is 0 Å². The molecule has 19 heavy (non-hydrogen) atoms. The molecule has 3 nitrogen and oxygen atoms in total. The smallest absolute Gasteiger partial charge is 0.0344 e. The van der Waals surface area contributed by atoms with Gasteiger partial charge in [0.2, 0.25) is 0 Å². The molecule has 0 aromatic heterocycles. The summed E-state index contributed by atoms with van der Waals surface area (Å²) in [6.45, 7) is 11.7. The van der Waals surface area contributed by atoms with Gasteiger partial charge in [-0.05, 0) is 70.6 Å². The molecule has 0 radical (unpaired) electrons. The van der Waals surface area contributed by atoms with Crippen LogP contribution in [0.1, 0.15) is 52.4 Å². The van der Waals surface area contributed by atoms with Crippen molar-refractivity contribution >= 4 is 0 Å². The van der Waals surface area contributed by atoms with Crippen LogP contribution < -0.4 is 5.73 Å². The van der Waals surface area contributed by atoms with Crippen LogP contribution in [-0.4, -0.2) is 54.6 Å². The molecule has 0 amide bonds. The van der Waals surface area contributed by atoms with E-state index in [1.165, 1.54) is 71.2 Å². The molecule has 0 bridgehead atoms. The second kappa shape index (κ2) is 7.05. The Hall–Kier alpha value is -0.120. The third-order valence-corrected chi connectivity index (χ3v) is 5.18. The minimum Gasteiger partial charge on any atom is -0.329 e. The first-order valence-corrected chi connectivity index (χ1v) is 8.41. The molecule has 1 heterocycles. The zero-order valence-electron chi connectivity index (χ0n) is 13.0. The first kappa shape index (κ1) is 15.3. The van der Waals surface area contributed by atoms with E-state index in [0.29, 0.717) is 5.54 Å². The van der Waals surface area contributed by atoms with Gasteiger partial charge in [0.1, 0.15) is 0 Å². The quantitative estimate of drug-likeness (QED) is 0.768. The molecule has 2 fully saturated rings. The molecule has 3 heteroatoms. The molecule has 1 aliphatic heterocycles. The summed E-state index contributed by atoms with van der Waals surface area (Å²) in [5, 5.41) is 0. The Morgan fingerprint density at radius 3 is 2.58 bits per heavy atom. The lowest BCUT2D eigenvalue weighted by atomic mass is 9.87. The van der Waals surface area contributed by atoms with E-state index in [0.717, 1.165) is 12.5 Å². The number of nitrogens with two attached hydrogens (primary N) is 1. The maximum atomic E-state index is 6.26. The van der Waals surface area contributed by atoms with Crippen molar-refractivity contribution < 1.29 is 0 Å². The zero-order chi connectivity index (χ0) is 13.7. The molecule has 1 unspecified atom stereocenters. The predicted octanol–water partition coefficient (Wildman–Crippen LogP) is 2.31. The van der Waals surface area contributed by atoms with Crippen molar-refractivity contribution in [1.29, 1.82) is 0 Å². The van der Waals surface area contributed by atoms with Crippen LogP contribution >= 0.6 is 0 Å². The highest BCUT2D eigenvalue weighted by atomic mass is 15.2. The van der Waals surface area contributed by atoms with Gasteiger partial charge in [-0.2, -0.15) is 0 Å². The maximum Gasteiger partial charge on any atom is 0.0344 e. The summed E-state index contributed by atoms with van der Waals surface area (Å²) in [5.74, 6) is 0.973. The predicted molar refractivity (Wildman–Crippen MR) is 82.3 cm³/mol. The third-order valence-electron chi connectivity index (χ3n) is 5.18. The Labute approximate surface area is 119 Å². The second-order valence-corrected chi connectivity index (χ2v) is 6.61. The van der Waals surface area contributed by atoms with Gasteiger partial charge in [0.25, 0.3) is 0 Å². The molecule has 112 valence electrons. The fourth-order valence-electron chi connectivity index (χ4n) is 3.60. The molecule has 1 aliphatic carbocycles. The average Bonchev–Trinajstić information content (AvgIpc) is 3.24. The van der Waals surface area contributed by atoms with Gasteiger partial charge in [-0.3, -0.25) is 4.90 Å². The second-order valence-electron chi connectivity index (χ2n) is 6.61. The number of hydrogen-bond donors (Lipinski definition) is 1. The molecule has 0 aromatic rings. The van der Waals surface area contributed by atoms with Gasteiger partial charge in [0.15, 0.2) is 0 Å². The largest absolute Gasteiger partial charge is 0.329 e. The van der Waals surface area contributed by atoms with E-state index in [-0.39, 0.29) is 0 Å². The molecule has 0 aromatic carbocycles. The Balaban J connectivity index is 2.03. The van der Waals surface area contributed by atoms with E-state index in [1.54, 1.807) is 0 Å². The summed E-state index contributed by atoms with van der Waals surface area (Å²) in [4.78, 5) is 5.36. The van der Waals surface area contributed by atoms with Gasteiger partial charge in [-0.25, -0.2) is 0 Å². The van der Waals surface area contributed by atoms with Crippen LogP contribution in [-0.2, 0) is 0 Å².